The third-order valence-electron chi connectivity index (χ3n) is 3.57. The van der Waals surface area contributed by atoms with Gasteiger partial charge in [-0.25, -0.2) is 18.7 Å². The zero-order chi connectivity index (χ0) is 18.5. The van der Waals surface area contributed by atoms with Gasteiger partial charge < -0.3 is 10.1 Å². The zero-order valence-electron chi connectivity index (χ0n) is 13.8. The van der Waals surface area contributed by atoms with E-state index in [0.29, 0.717) is 23.6 Å². The minimum Gasteiger partial charge on any atom is -0.450 e. The summed E-state index contributed by atoms with van der Waals surface area (Å²) < 4.78 is 32.6. The molecule has 0 bridgehead atoms. The van der Waals surface area contributed by atoms with Crippen molar-refractivity contribution in [3.05, 3.63) is 71.6 Å². The number of benzene rings is 1. The number of rotatable bonds is 5. The van der Waals surface area contributed by atoms with Gasteiger partial charge in [-0.3, -0.25) is 0 Å². The molecular formula is C19H14F2N4O. The summed E-state index contributed by atoms with van der Waals surface area (Å²) in [6.45, 7) is 1.95. The second-order valence-corrected chi connectivity index (χ2v) is 5.39. The highest BCUT2D eigenvalue weighted by Crippen LogP contribution is 2.32. The van der Waals surface area contributed by atoms with E-state index in [1.807, 2.05) is 13.0 Å². The molecule has 0 aliphatic heterocycles. The minimum atomic E-state index is -0.811. The summed E-state index contributed by atoms with van der Waals surface area (Å²) in [6.07, 6.45) is 3.80. The maximum atomic E-state index is 13.9. The maximum Gasteiger partial charge on any atom is 0.175 e. The van der Waals surface area contributed by atoms with Crippen LogP contribution in [0.15, 0.2) is 48.8 Å². The average Bonchev–Trinajstić information content (AvgIpc) is 2.66. The lowest BCUT2D eigenvalue weighted by Crippen LogP contribution is -2.01. The zero-order valence-corrected chi connectivity index (χ0v) is 13.8. The number of aryl methyl sites for hydroxylation is 1. The molecule has 0 saturated carbocycles. The normalized spacial score (nSPS) is 10.2. The largest absolute Gasteiger partial charge is 0.450 e. The monoisotopic (exact) mass is 352 g/mol. The molecule has 0 spiro atoms. The molecule has 0 aliphatic carbocycles. The van der Waals surface area contributed by atoms with Gasteiger partial charge in [-0.15, -0.1) is 0 Å². The van der Waals surface area contributed by atoms with Gasteiger partial charge >= 0.3 is 0 Å². The molecular weight excluding hydrogens is 338 g/mol. The van der Waals surface area contributed by atoms with Crippen molar-refractivity contribution < 1.29 is 13.5 Å². The van der Waals surface area contributed by atoms with Crippen LogP contribution in [0.5, 0.6) is 11.5 Å². The number of anilines is 2. The number of hydrogen-bond acceptors (Lipinski definition) is 5. The van der Waals surface area contributed by atoms with Crippen LogP contribution in [-0.4, -0.2) is 9.97 Å². The first kappa shape index (κ1) is 17.3. The first-order valence-electron chi connectivity index (χ1n) is 7.84. The second-order valence-electron chi connectivity index (χ2n) is 5.39. The third kappa shape index (κ3) is 3.92. The first-order valence-corrected chi connectivity index (χ1v) is 7.84. The molecule has 0 radical (unpaired) electrons. The molecule has 3 aromatic rings. The number of pyridine rings is 2. The lowest BCUT2D eigenvalue weighted by atomic mass is 10.2. The summed E-state index contributed by atoms with van der Waals surface area (Å²) in [4.78, 5) is 8.40. The van der Waals surface area contributed by atoms with Gasteiger partial charge in [0.25, 0.3) is 0 Å². The fourth-order valence-corrected chi connectivity index (χ4v) is 2.18. The van der Waals surface area contributed by atoms with Crippen LogP contribution < -0.4 is 10.1 Å². The molecule has 0 unspecified atom stereocenters. The van der Waals surface area contributed by atoms with Crippen LogP contribution in [0.2, 0.25) is 0 Å². The van der Waals surface area contributed by atoms with E-state index >= 15 is 0 Å². The molecule has 0 amide bonds. The van der Waals surface area contributed by atoms with Gasteiger partial charge in [0.2, 0.25) is 0 Å². The van der Waals surface area contributed by atoms with Gasteiger partial charge in [0.1, 0.15) is 17.7 Å². The van der Waals surface area contributed by atoms with Crippen molar-refractivity contribution in [3.63, 3.8) is 0 Å². The SMILES string of the molecule is CCc1cnc(Nc2ccc(C#N)cn2)c(Oc2ccc(F)cc2F)c1. The second kappa shape index (κ2) is 7.57. The van der Waals surface area contributed by atoms with Crippen molar-refractivity contribution in [2.24, 2.45) is 0 Å². The van der Waals surface area contributed by atoms with Crippen LogP contribution in [0.4, 0.5) is 20.4 Å². The van der Waals surface area contributed by atoms with E-state index < -0.39 is 11.6 Å². The number of nitrogens with zero attached hydrogens (tertiary/aromatic N) is 3. The first-order chi connectivity index (χ1) is 12.6. The summed E-state index contributed by atoms with van der Waals surface area (Å²) in [7, 11) is 0. The Morgan fingerprint density at radius 1 is 1.08 bits per heavy atom. The van der Waals surface area contributed by atoms with Crippen LogP contribution in [0.25, 0.3) is 0 Å². The summed E-state index contributed by atoms with van der Waals surface area (Å²) in [6, 6.07) is 10.0. The molecule has 2 aromatic heterocycles. The Bertz CT molecular complexity index is 968. The van der Waals surface area contributed by atoms with Gasteiger partial charge in [-0.1, -0.05) is 6.92 Å². The fraction of sp³-hybridized carbons (Fsp3) is 0.105. The fourth-order valence-electron chi connectivity index (χ4n) is 2.18. The van der Waals surface area contributed by atoms with Crippen LogP contribution in [0, 0.1) is 23.0 Å². The van der Waals surface area contributed by atoms with Crippen molar-refractivity contribution >= 4 is 11.6 Å². The molecule has 0 fully saturated rings. The predicted molar refractivity (Wildman–Crippen MR) is 92.3 cm³/mol. The number of nitriles is 1. The van der Waals surface area contributed by atoms with Gasteiger partial charge in [-0.05, 0) is 42.3 Å². The Hall–Kier alpha value is -3.53. The molecule has 2 heterocycles. The molecule has 5 nitrogen and oxygen atoms in total. The van der Waals surface area contributed by atoms with Gasteiger partial charge in [0.05, 0.1) is 5.56 Å². The summed E-state index contributed by atoms with van der Waals surface area (Å²) >= 11 is 0. The van der Waals surface area contributed by atoms with E-state index in [9.17, 15) is 8.78 Å². The molecule has 7 heteroatoms. The summed E-state index contributed by atoms with van der Waals surface area (Å²) in [5.74, 6) is -0.559. The Morgan fingerprint density at radius 2 is 1.92 bits per heavy atom. The third-order valence-corrected chi connectivity index (χ3v) is 3.57. The molecule has 1 aromatic carbocycles. The van der Waals surface area contributed by atoms with Gasteiger partial charge in [0, 0.05) is 18.5 Å². The molecule has 1 N–H and O–H groups in total. The van der Waals surface area contributed by atoms with E-state index in [2.05, 4.69) is 15.3 Å². The number of ether oxygens (including phenoxy) is 1. The van der Waals surface area contributed by atoms with Crippen molar-refractivity contribution in [1.82, 2.24) is 9.97 Å². The molecule has 26 heavy (non-hydrogen) atoms. The number of hydrogen-bond donors (Lipinski definition) is 1. The molecule has 0 atom stereocenters. The van der Waals surface area contributed by atoms with Crippen LogP contribution in [0.3, 0.4) is 0 Å². The van der Waals surface area contributed by atoms with Crippen molar-refractivity contribution in [1.29, 1.82) is 5.26 Å². The van der Waals surface area contributed by atoms with Crippen molar-refractivity contribution in [3.8, 4) is 17.6 Å². The average molecular weight is 352 g/mol. The quantitative estimate of drug-likeness (QED) is 0.719. The number of halogens is 2. The lowest BCUT2D eigenvalue weighted by molar-refractivity contribution is 0.437. The highest BCUT2D eigenvalue weighted by Gasteiger charge is 2.12. The Balaban J connectivity index is 1.93. The molecule has 0 aliphatic rings. The van der Waals surface area contributed by atoms with E-state index in [1.165, 1.54) is 12.3 Å². The van der Waals surface area contributed by atoms with Crippen molar-refractivity contribution in [2.45, 2.75) is 13.3 Å². The number of aromatic nitrogens is 2. The molecule has 0 saturated heterocycles. The summed E-state index contributed by atoms with van der Waals surface area (Å²) in [5, 5.41) is 11.8. The molecule has 3 rings (SSSR count). The topological polar surface area (TPSA) is 70.8 Å². The van der Waals surface area contributed by atoms with Gasteiger partial charge in [0.15, 0.2) is 23.1 Å². The van der Waals surface area contributed by atoms with Crippen LogP contribution >= 0.6 is 0 Å². The highest BCUT2D eigenvalue weighted by molar-refractivity contribution is 5.61. The Labute approximate surface area is 148 Å². The predicted octanol–water partition coefficient (Wildman–Crippen LogP) is 4.72. The molecule has 130 valence electrons. The van der Waals surface area contributed by atoms with Crippen LogP contribution in [-0.2, 0) is 6.42 Å². The summed E-state index contributed by atoms with van der Waals surface area (Å²) in [5.41, 5.74) is 1.32. The van der Waals surface area contributed by atoms with E-state index in [4.69, 9.17) is 10.00 Å². The standard InChI is InChI=1S/C19H14F2N4O/c1-2-12-7-17(26-16-5-4-14(20)8-15(16)21)19(24-10-12)25-18-6-3-13(9-22)11-23-18/h3-8,10-11H,2H2,1H3,(H,23,24,25). The lowest BCUT2D eigenvalue weighted by Gasteiger charge is -2.13. The Kier molecular flexibility index (Phi) is 5.04. The Morgan fingerprint density at radius 3 is 2.58 bits per heavy atom. The minimum absolute atomic E-state index is 0.114. The number of nitrogens with one attached hydrogen (secondary N) is 1. The van der Waals surface area contributed by atoms with E-state index in [0.717, 1.165) is 17.7 Å². The van der Waals surface area contributed by atoms with Crippen LogP contribution in [0.1, 0.15) is 18.1 Å². The maximum absolute atomic E-state index is 13.9. The smallest absolute Gasteiger partial charge is 0.175 e. The van der Waals surface area contributed by atoms with E-state index in [-0.39, 0.29) is 11.5 Å². The van der Waals surface area contributed by atoms with Gasteiger partial charge in [-0.2, -0.15) is 5.26 Å². The highest BCUT2D eigenvalue weighted by atomic mass is 19.1. The van der Waals surface area contributed by atoms with Crippen molar-refractivity contribution in [2.75, 3.05) is 5.32 Å². The van der Waals surface area contributed by atoms with E-state index in [1.54, 1.807) is 24.4 Å².